The van der Waals surface area contributed by atoms with Crippen LogP contribution in [0.4, 0.5) is 5.82 Å². The Kier molecular flexibility index (Phi) is 6.82. The SMILES string of the molecule is COc1cc(C#Cc2cccc3cc(C(C)NC(=O)c4c(N)nn5cccnc45)n(-c4ccccc4)c(=O)c23)ccn1. The number of carbonyl (C=O) groups is 1. The Labute approximate surface area is 240 Å². The summed E-state index contributed by atoms with van der Waals surface area (Å²) in [6, 6.07) is 21.3. The molecule has 4 heterocycles. The third kappa shape index (κ3) is 4.80. The molecule has 4 aromatic heterocycles. The molecule has 0 spiro atoms. The maximum atomic E-state index is 14.2. The summed E-state index contributed by atoms with van der Waals surface area (Å²) < 4.78 is 8.25. The average Bonchev–Trinajstić information content (AvgIpc) is 3.36. The molecule has 10 nitrogen and oxygen atoms in total. The lowest BCUT2D eigenvalue weighted by atomic mass is 10.0. The van der Waals surface area contributed by atoms with Gasteiger partial charge in [0, 0.05) is 47.2 Å². The molecule has 3 N–H and O–H groups in total. The van der Waals surface area contributed by atoms with Gasteiger partial charge in [-0.15, -0.1) is 5.10 Å². The smallest absolute Gasteiger partial charge is 0.264 e. The number of amides is 1. The van der Waals surface area contributed by atoms with Crippen molar-refractivity contribution in [1.82, 2.24) is 29.5 Å². The summed E-state index contributed by atoms with van der Waals surface area (Å²) in [4.78, 5) is 36.1. The van der Waals surface area contributed by atoms with Crippen LogP contribution in [0.1, 0.15) is 40.1 Å². The Morgan fingerprint density at radius 3 is 2.64 bits per heavy atom. The van der Waals surface area contributed by atoms with E-state index in [1.807, 2.05) is 61.5 Å². The van der Waals surface area contributed by atoms with Gasteiger partial charge in [0.05, 0.1) is 18.5 Å². The summed E-state index contributed by atoms with van der Waals surface area (Å²) in [5.74, 6) is 6.33. The first kappa shape index (κ1) is 26.3. The molecule has 0 bridgehead atoms. The number of fused-ring (bicyclic) bond motifs is 2. The molecule has 6 rings (SSSR count). The molecule has 0 aliphatic rings. The molecule has 1 amide bonds. The van der Waals surface area contributed by atoms with Crippen molar-refractivity contribution in [2.75, 3.05) is 12.8 Å². The Bertz CT molecular complexity index is 2090. The van der Waals surface area contributed by atoms with E-state index < -0.39 is 11.9 Å². The highest BCUT2D eigenvalue weighted by Gasteiger charge is 2.24. The van der Waals surface area contributed by atoms with Crippen molar-refractivity contribution in [2.45, 2.75) is 13.0 Å². The number of para-hydroxylation sites is 1. The topological polar surface area (TPSA) is 129 Å². The number of nitrogens with zero attached hydrogens (tertiary/aromatic N) is 5. The van der Waals surface area contributed by atoms with E-state index in [1.54, 1.807) is 48.5 Å². The minimum Gasteiger partial charge on any atom is -0.481 e. The Balaban J connectivity index is 1.47. The van der Waals surface area contributed by atoms with E-state index in [0.717, 1.165) is 0 Å². The third-order valence-corrected chi connectivity index (χ3v) is 6.82. The summed E-state index contributed by atoms with van der Waals surface area (Å²) in [7, 11) is 1.54. The molecule has 10 heteroatoms. The lowest BCUT2D eigenvalue weighted by Crippen LogP contribution is -2.32. The van der Waals surface area contributed by atoms with Crippen molar-refractivity contribution >= 4 is 28.1 Å². The highest BCUT2D eigenvalue weighted by atomic mass is 16.5. The summed E-state index contributed by atoms with van der Waals surface area (Å²) >= 11 is 0. The van der Waals surface area contributed by atoms with Gasteiger partial charge in [-0.3, -0.25) is 14.2 Å². The summed E-state index contributed by atoms with van der Waals surface area (Å²) in [6.45, 7) is 1.81. The lowest BCUT2D eigenvalue weighted by molar-refractivity contribution is 0.0941. The van der Waals surface area contributed by atoms with E-state index in [-0.39, 0.29) is 16.9 Å². The molecule has 0 fully saturated rings. The molecule has 0 saturated heterocycles. The van der Waals surface area contributed by atoms with E-state index >= 15 is 0 Å². The van der Waals surface area contributed by atoms with Gasteiger partial charge in [-0.05, 0) is 48.7 Å². The van der Waals surface area contributed by atoms with Crippen LogP contribution in [0.15, 0.2) is 96.2 Å². The van der Waals surface area contributed by atoms with Gasteiger partial charge in [-0.2, -0.15) is 0 Å². The number of carbonyl (C=O) groups excluding carboxylic acids is 1. The van der Waals surface area contributed by atoms with Gasteiger partial charge in [-0.1, -0.05) is 42.2 Å². The highest BCUT2D eigenvalue weighted by Crippen LogP contribution is 2.24. The van der Waals surface area contributed by atoms with Crippen LogP contribution >= 0.6 is 0 Å². The highest BCUT2D eigenvalue weighted by molar-refractivity contribution is 6.04. The standard InChI is InChI=1S/C32H25N7O3/c1-20(36-31(40)28-29(33)37-38-17-7-15-35-30(28)38)25-19-23-9-6-8-22(13-12-21-14-16-34-26(18-21)42-2)27(23)32(41)39(25)24-10-4-3-5-11-24/h3-11,14-20H,1-2H3,(H2,33,37)(H,36,40). The zero-order valence-electron chi connectivity index (χ0n) is 22.8. The molecule has 42 heavy (non-hydrogen) atoms. The number of nitrogens with two attached hydrogens (primary N) is 1. The Morgan fingerprint density at radius 2 is 1.83 bits per heavy atom. The summed E-state index contributed by atoms with van der Waals surface area (Å²) in [5, 5.41) is 8.33. The van der Waals surface area contributed by atoms with E-state index in [4.69, 9.17) is 10.5 Å². The predicted octanol–water partition coefficient (Wildman–Crippen LogP) is 3.91. The molecule has 1 unspecified atom stereocenters. The van der Waals surface area contributed by atoms with Gasteiger partial charge in [0.15, 0.2) is 11.5 Å². The van der Waals surface area contributed by atoms with Gasteiger partial charge in [0.2, 0.25) is 5.88 Å². The van der Waals surface area contributed by atoms with Crippen LogP contribution in [-0.4, -0.2) is 37.2 Å². The number of nitrogen functional groups attached to an aromatic ring is 1. The van der Waals surface area contributed by atoms with Crippen molar-refractivity contribution < 1.29 is 9.53 Å². The molecule has 0 aliphatic heterocycles. The molecular weight excluding hydrogens is 530 g/mol. The lowest BCUT2D eigenvalue weighted by Gasteiger charge is -2.21. The second kappa shape index (κ2) is 10.9. The largest absolute Gasteiger partial charge is 0.481 e. The number of pyridine rings is 2. The van der Waals surface area contributed by atoms with Crippen LogP contribution in [0, 0.1) is 11.8 Å². The van der Waals surface area contributed by atoms with Gasteiger partial charge < -0.3 is 15.8 Å². The predicted molar refractivity (Wildman–Crippen MR) is 160 cm³/mol. The number of rotatable bonds is 5. The number of aromatic nitrogens is 5. The number of benzene rings is 2. The molecule has 0 aliphatic carbocycles. The fraction of sp³-hybridized carbons (Fsp3) is 0.0938. The summed E-state index contributed by atoms with van der Waals surface area (Å²) in [6.07, 6.45) is 4.85. The summed E-state index contributed by atoms with van der Waals surface area (Å²) in [5.41, 5.74) is 8.85. The maximum Gasteiger partial charge on any atom is 0.264 e. The van der Waals surface area contributed by atoms with Crippen molar-refractivity contribution in [3.8, 4) is 23.4 Å². The van der Waals surface area contributed by atoms with Crippen LogP contribution in [0.5, 0.6) is 5.88 Å². The van der Waals surface area contributed by atoms with Gasteiger partial charge in [0.1, 0.15) is 5.56 Å². The van der Waals surface area contributed by atoms with Crippen LogP contribution in [0.3, 0.4) is 0 Å². The maximum absolute atomic E-state index is 14.2. The third-order valence-electron chi connectivity index (χ3n) is 6.82. The second-order valence-electron chi connectivity index (χ2n) is 9.50. The molecular formula is C32H25N7O3. The van der Waals surface area contributed by atoms with Crippen molar-refractivity contribution in [3.05, 3.63) is 124 Å². The molecule has 2 aromatic carbocycles. The first-order valence-electron chi connectivity index (χ1n) is 13.1. The quantitative estimate of drug-likeness (QED) is 0.309. The molecule has 206 valence electrons. The zero-order chi connectivity index (χ0) is 29.2. The first-order chi connectivity index (χ1) is 20.4. The van der Waals surface area contributed by atoms with E-state index in [0.29, 0.717) is 44.8 Å². The second-order valence-corrected chi connectivity index (χ2v) is 9.50. The van der Waals surface area contributed by atoms with Crippen molar-refractivity contribution in [3.63, 3.8) is 0 Å². The van der Waals surface area contributed by atoms with Crippen LogP contribution in [-0.2, 0) is 0 Å². The molecule has 0 saturated carbocycles. The number of ether oxygens (including phenoxy) is 1. The van der Waals surface area contributed by atoms with E-state index in [2.05, 4.69) is 32.2 Å². The average molecular weight is 556 g/mol. The van der Waals surface area contributed by atoms with E-state index in [1.165, 1.54) is 4.52 Å². The van der Waals surface area contributed by atoms with Crippen LogP contribution < -0.4 is 21.3 Å². The Hall–Kier alpha value is -5.95. The molecule has 0 radical (unpaired) electrons. The van der Waals surface area contributed by atoms with Crippen molar-refractivity contribution in [1.29, 1.82) is 0 Å². The van der Waals surface area contributed by atoms with Gasteiger partial charge in [-0.25, -0.2) is 14.5 Å². The van der Waals surface area contributed by atoms with Crippen molar-refractivity contribution in [2.24, 2.45) is 0 Å². The number of hydrogen-bond donors (Lipinski definition) is 2. The zero-order valence-corrected chi connectivity index (χ0v) is 22.8. The monoisotopic (exact) mass is 555 g/mol. The van der Waals surface area contributed by atoms with Crippen LogP contribution in [0.2, 0.25) is 0 Å². The van der Waals surface area contributed by atoms with E-state index in [9.17, 15) is 9.59 Å². The molecule has 6 aromatic rings. The first-order valence-corrected chi connectivity index (χ1v) is 13.1. The number of hydrogen-bond acceptors (Lipinski definition) is 7. The minimum atomic E-state index is -0.591. The number of methoxy groups -OCH3 is 1. The minimum absolute atomic E-state index is 0.0624. The van der Waals surface area contributed by atoms with Gasteiger partial charge >= 0.3 is 0 Å². The van der Waals surface area contributed by atoms with Crippen LogP contribution in [0.25, 0.3) is 22.1 Å². The van der Waals surface area contributed by atoms with Gasteiger partial charge in [0.25, 0.3) is 11.5 Å². The number of anilines is 1. The molecule has 1 atom stereocenters. The fourth-order valence-electron chi connectivity index (χ4n) is 4.85. The fourth-order valence-corrected chi connectivity index (χ4v) is 4.85. The normalized spacial score (nSPS) is 11.6. The Morgan fingerprint density at radius 1 is 1.00 bits per heavy atom. The number of nitrogens with one attached hydrogen (secondary N) is 1.